The smallest absolute Gasteiger partial charge is 0.310 e. The molecule has 5 heteroatoms. The summed E-state index contributed by atoms with van der Waals surface area (Å²) in [6.45, 7) is 3.11. The molecular formula is C13H15ClFNO2. The first-order valence-corrected chi connectivity index (χ1v) is 6.34. The maximum absolute atomic E-state index is 13.9. The standard InChI is InChI=1S/C13H15ClFNO2/c1-2-18-13(17)9-7-16-6-8(9)12-10(14)4-3-5-11(12)15/h3-5,8-9,16H,2,6-7H2,1H3. The van der Waals surface area contributed by atoms with Crippen molar-refractivity contribution >= 4 is 17.6 Å². The Morgan fingerprint density at radius 3 is 3.00 bits per heavy atom. The van der Waals surface area contributed by atoms with Crippen LogP contribution in [0.4, 0.5) is 4.39 Å². The zero-order chi connectivity index (χ0) is 13.1. The largest absolute Gasteiger partial charge is 0.466 e. The quantitative estimate of drug-likeness (QED) is 0.858. The number of nitrogens with one attached hydrogen (secondary N) is 1. The van der Waals surface area contributed by atoms with Crippen LogP contribution in [0.25, 0.3) is 0 Å². The second kappa shape index (κ2) is 5.67. The van der Waals surface area contributed by atoms with E-state index in [0.717, 1.165) is 0 Å². The Labute approximate surface area is 110 Å². The third-order valence-corrected chi connectivity index (χ3v) is 3.50. The highest BCUT2D eigenvalue weighted by Crippen LogP contribution is 2.35. The predicted octanol–water partition coefficient (Wildman–Crippen LogP) is 2.35. The van der Waals surface area contributed by atoms with Crippen LogP contribution in [0.1, 0.15) is 18.4 Å². The van der Waals surface area contributed by atoms with Crippen LogP contribution in [0.3, 0.4) is 0 Å². The molecule has 3 nitrogen and oxygen atoms in total. The van der Waals surface area contributed by atoms with Gasteiger partial charge in [0.2, 0.25) is 0 Å². The number of carbonyl (C=O) groups is 1. The van der Waals surface area contributed by atoms with Crippen LogP contribution >= 0.6 is 11.6 Å². The molecule has 18 heavy (non-hydrogen) atoms. The topological polar surface area (TPSA) is 38.3 Å². The molecule has 98 valence electrons. The van der Waals surface area contributed by atoms with Gasteiger partial charge in [-0.15, -0.1) is 0 Å². The Morgan fingerprint density at radius 1 is 1.56 bits per heavy atom. The molecule has 1 N–H and O–H groups in total. The summed E-state index contributed by atoms with van der Waals surface area (Å²) >= 11 is 6.04. The summed E-state index contributed by atoms with van der Waals surface area (Å²) in [5.41, 5.74) is 0.405. The van der Waals surface area contributed by atoms with Crippen LogP contribution in [-0.2, 0) is 9.53 Å². The number of carbonyl (C=O) groups excluding carboxylic acids is 1. The molecule has 0 bridgehead atoms. The molecule has 0 spiro atoms. The maximum atomic E-state index is 13.9. The Morgan fingerprint density at radius 2 is 2.33 bits per heavy atom. The molecule has 0 aliphatic carbocycles. The number of halogens is 2. The van der Waals surface area contributed by atoms with E-state index < -0.39 is 0 Å². The van der Waals surface area contributed by atoms with Crippen LogP contribution in [0.15, 0.2) is 18.2 Å². The molecule has 2 atom stereocenters. The van der Waals surface area contributed by atoms with Crippen molar-refractivity contribution in [1.82, 2.24) is 5.32 Å². The molecule has 1 aliphatic heterocycles. The predicted molar refractivity (Wildman–Crippen MR) is 67.1 cm³/mol. The van der Waals surface area contributed by atoms with Crippen molar-refractivity contribution in [2.24, 2.45) is 5.92 Å². The van der Waals surface area contributed by atoms with E-state index in [1.165, 1.54) is 6.07 Å². The lowest BCUT2D eigenvalue weighted by molar-refractivity contribution is -0.147. The van der Waals surface area contributed by atoms with Crippen molar-refractivity contribution in [3.05, 3.63) is 34.6 Å². The minimum Gasteiger partial charge on any atom is -0.466 e. The third kappa shape index (κ3) is 2.49. The molecule has 0 aromatic heterocycles. The fourth-order valence-electron chi connectivity index (χ4n) is 2.34. The fourth-order valence-corrected chi connectivity index (χ4v) is 2.65. The Bertz CT molecular complexity index is 432. The van der Waals surface area contributed by atoms with Gasteiger partial charge in [-0.2, -0.15) is 0 Å². The molecule has 0 radical (unpaired) electrons. The minimum absolute atomic E-state index is 0.266. The summed E-state index contributed by atoms with van der Waals surface area (Å²) in [5.74, 6) is -1.31. The highest BCUT2D eigenvalue weighted by molar-refractivity contribution is 6.31. The first kappa shape index (κ1) is 13.3. The van der Waals surface area contributed by atoms with Gasteiger partial charge in [0, 0.05) is 29.6 Å². The second-order valence-electron chi connectivity index (χ2n) is 4.26. The van der Waals surface area contributed by atoms with Crippen molar-refractivity contribution < 1.29 is 13.9 Å². The van der Waals surface area contributed by atoms with E-state index in [1.54, 1.807) is 19.1 Å². The molecule has 1 saturated heterocycles. The SMILES string of the molecule is CCOC(=O)C1CNCC1c1c(F)cccc1Cl. The molecule has 2 rings (SSSR count). The summed E-state index contributed by atoms with van der Waals surface area (Å²) in [7, 11) is 0. The average Bonchev–Trinajstić information content (AvgIpc) is 2.78. The number of hydrogen-bond donors (Lipinski definition) is 1. The highest BCUT2D eigenvalue weighted by atomic mass is 35.5. The number of rotatable bonds is 3. The molecule has 1 aromatic carbocycles. The van der Waals surface area contributed by atoms with Gasteiger partial charge >= 0.3 is 5.97 Å². The first-order chi connectivity index (χ1) is 8.65. The van der Waals surface area contributed by atoms with Crippen LogP contribution in [-0.4, -0.2) is 25.7 Å². The van der Waals surface area contributed by atoms with Crippen molar-refractivity contribution in [2.45, 2.75) is 12.8 Å². The van der Waals surface area contributed by atoms with Gasteiger partial charge in [0.1, 0.15) is 5.82 Å². The van der Waals surface area contributed by atoms with Crippen LogP contribution < -0.4 is 5.32 Å². The van der Waals surface area contributed by atoms with Crippen LogP contribution in [0, 0.1) is 11.7 Å². The van der Waals surface area contributed by atoms with Gasteiger partial charge in [0.25, 0.3) is 0 Å². The maximum Gasteiger partial charge on any atom is 0.310 e. The van der Waals surface area contributed by atoms with E-state index >= 15 is 0 Å². The molecule has 1 fully saturated rings. The number of benzene rings is 1. The van der Waals surface area contributed by atoms with E-state index in [2.05, 4.69) is 5.32 Å². The van der Waals surface area contributed by atoms with E-state index in [4.69, 9.17) is 16.3 Å². The second-order valence-corrected chi connectivity index (χ2v) is 4.67. The lowest BCUT2D eigenvalue weighted by Gasteiger charge is -2.19. The van der Waals surface area contributed by atoms with E-state index in [0.29, 0.717) is 30.3 Å². The first-order valence-electron chi connectivity index (χ1n) is 5.96. The third-order valence-electron chi connectivity index (χ3n) is 3.17. The van der Waals surface area contributed by atoms with Crippen molar-refractivity contribution in [3.8, 4) is 0 Å². The number of esters is 1. The van der Waals surface area contributed by atoms with Gasteiger partial charge in [-0.05, 0) is 19.1 Å². The van der Waals surface area contributed by atoms with Gasteiger partial charge in [-0.1, -0.05) is 17.7 Å². The van der Waals surface area contributed by atoms with Crippen molar-refractivity contribution in [1.29, 1.82) is 0 Å². The molecule has 1 heterocycles. The van der Waals surface area contributed by atoms with E-state index in [9.17, 15) is 9.18 Å². The average molecular weight is 272 g/mol. The fraction of sp³-hybridized carbons (Fsp3) is 0.462. The monoisotopic (exact) mass is 271 g/mol. The molecule has 1 aliphatic rings. The summed E-state index contributed by atoms with van der Waals surface area (Å²) < 4.78 is 18.9. The van der Waals surface area contributed by atoms with Gasteiger partial charge in [0.15, 0.2) is 0 Å². The van der Waals surface area contributed by atoms with E-state index in [-0.39, 0.29) is 23.6 Å². The Hall–Kier alpha value is -1.13. The number of hydrogen-bond acceptors (Lipinski definition) is 3. The van der Waals surface area contributed by atoms with Gasteiger partial charge < -0.3 is 10.1 Å². The minimum atomic E-state index is -0.376. The summed E-state index contributed by atoms with van der Waals surface area (Å²) in [4.78, 5) is 11.8. The molecule has 1 aromatic rings. The molecule has 2 unspecified atom stereocenters. The molecule has 0 saturated carbocycles. The van der Waals surface area contributed by atoms with Gasteiger partial charge in [-0.3, -0.25) is 4.79 Å². The zero-order valence-electron chi connectivity index (χ0n) is 10.1. The summed E-state index contributed by atoms with van der Waals surface area (Å²) in [5, 5.41) is 3.45. The van der Waals surface area contributed by atoms with Crippen molar-refractivity contribution in [2.75, 3.05) is 19.7 Å². The van der Waals surface area contributed by atoms with Crippen molar-refractivity contribution in [3.63, 3.8) is 0 Å². The van der Waals surface area contributed by atoms with Crippen LogP contribution in [0.5, 0.6) is 0 Å². The zero-order valence-corrected chi connectivity index (χ0v) is 10.8. The van der Waals surface area contributed by atoms with E-state index in [1.807, 2.05) is 0 Å². The van der Waals surface area contributed by atoms with Crippen LogP contribution in [0.2, 0.25) is 5.02 Å². The molecular weight excluding hydrogens is 257 g/mol. The van der Waals surface area contributed by atoms with Gasteiger partial charge in [-0.25, -0.2) is 4.39 Å². The summed E-state index contributed by atoms with van der Waals surface area (Å²) in [6, 6.07) is 4.56. The Kier molecular flexibility index (Phi) is 4.19. The lowest BCUT2D eigenvalue weighted by Crippen LogP contribution is -2.24. The lowest BCUT2D eigenvalue weighted by atomic mass is 9.88. The normalized spacial score (nSPS) is 23.1. The summed E-state index contributed by atoms with van der Waals surface area (Å²) in [6.07, 6.45) is 0. The highest BCUT2D eigenvalue weighted by Gasteiger charge is 2.37. The Balaban J connectivity index is 2.29. The van der Waals surface area contributed by atoms with Gasteiger partial charge in [0.05, 0.1) is 12.5 Å². The number of ether oxygens (including phenoxy) is 1. The molecule has 0 amide bonds.